The molecular weight excluding hydrogens is 444 g/mol. The van der Waals surface area contributed by atoms with Crippen LogP contribution in [-0.2, 0) is 19.2 Å². The summed E-state index contributed by atoms with van der Waals surface area (Å²) in [5.74, 6) is 0. The zero-order valence-electron chi connectivity index (χ0n) is 20.3. The van der Waals surface area contributed by atoms with Crippen LogP contribution in [0.3, 0.4) is 0 Å². The molecule has 35 heavy (non-hydrogen) atoms. The van der Waals surface area contributed by atoms with Crippen LogP contribution in [0.25, 0.3) is 11.1 Å². The van der Waals surface area contributed by atoms with Crippen LogP contribution in [0.1, 0.15) is 40.0 Å². The molecule has 0 spiro atoms. The SMILES string of the molecule is CC1(C)CC(N=C=O)CC(C)(CN=C=O)C1.O=C=NCN=C=O.c1ccc(-c2ccccc2)cc1. The molecule has 1 aliphatic carbocycles. The first-order valence-electron chi connectivity index (χ1n) is 11.1. The van der Waals surface area contributed by atoms with E-state index < -0.39 is 0 Å². The molecule has 0 heterocycles. The molecule has 0 radical (unpaired) electrons. The lowest BCUT2D eigenvalue weighted by molar-refractivity contribution is 0.0915. The van der Waals surface area contributed by atoms with Crippen molar-refractivity contribution >= 4 is 24.3 Å². The van der Waals surface area contributed by atoms with Gasteiger partial charge in [-0.1, -0.05) is 81.4 Å². The lowest BCUT2D eigenvalue weighted by Crippen LogP contribution is -2.39. The van der Waals surface area contributed by atoms with Crippen molar-refractivity contribution in [3.63, 3.8) is 0 Å². The van der Waals surface area contributed by atoms with Crippen molar-refractivity contribution in [3.8, 4) is 11.1 Å². The van der Waals surface area contributed by atoms with Gasteiger partial charge in [0.05, 0.1) is 12.6 Å². The van der Waals surface area contributed by atoms with E-state index in [0.29, 0.717) is 6.54 Å². The number of hydrogen-bond acceptors (Lipinski definition) is 8. The molecule has 8 nitrogen and oxygen atoms in total. The lowest BCUT2D eigenvalue weighted by Gasteiger charge is -2.44. The highest BCUT2D eigenvalue weighted by atomic mass is 16.1. The Bertz CT molecular complexity index is 1040. The van der Waals surface area contributed by atoms with Gasteiger partial charge >= 0.3 is 0 Å². The van der Waals surface area contributed by atoms with E-state index >= 15 is 0 Å². The monoisotopic (exact) mass is 474 g/mol. The summed E-state index contributed by atoms with van der Waals surface area (Å²) >= 11 is 0. The molecule has 0 aromatic heterocycles. The molecule has 0 N–H and O–H groups in total. The highest BCUT2D eigenvalue weighted by molar-refractivity contribution is 5.62. The molecule has 0 bridgehead atoms. The average molecular weight is 475 g/mol. The van der Waals surface area contributed by atoms with Crippen molar-refractivity contribution in [2.45, 2.75) is 46.1 Å². The van der Waals surface area contributed by atoms with E-state index in [-0.39, 0.29) is 23.5 Å². The van der Waals surface area contributed by atoms with E-state index in [2.05, 4.69) is 89.3 Å². The van der Waals surface area contributed by atoms with Gasteiger partial charge in [-0.3, -0.25) is 0 Å². The van der Waals surface area contributed by atoms with Crippen LogP contribution in [0.4, 0.5) is 0 Å². The van der Waals surface area contributed by atoms with Crippen molar-refractivity contribution in [3.05, 3.63) is 60.7 Å². The molecule has 8 heteroatoms. The van der Waals surface area contributed by atoms with Gasteiger partial charge in [-0.05, 0) is 41.2 Å². The van der Waals surface area contributed by atoms with Crippen molar-refractivity contribution in [1.82, 2.24) is 0 Å². The van der Waals surface area contributed by atoms with Gasteiger partial charge in [-0.25, -0.2) is 29.2 Å². The fourth-order valence-electron chi connectivity index (χ4n) is 4.44. The molecule has 1 saturated carbocycles. The largest absolute Gasteiger partial charge is 0.236 e. The Kier molecular flexibility index (Phi) is 13.0. The first kappa shape index (κ1) is 29.0. The van der Waals surface area contributed by atoms with Crippen LogP contribution in [0.15, 0.2) is 80.6 Å². The first-order valence-corrected chi connectivity index (χ1v) is 11.1. The second-order valence-electron chi connectivity index (χ2n) is 9.21. The lowest BCUT2D eigenvalue weighted by atomic mass is 9.63. The second-order valence-corrected chi connectivity index (χ2v) is 9.21. The Morgan fingerprint density at radius 2 is 1.20 bits per heavy atom. The Labute approximate surface area is 205 Å². The summed E-state index contributed by atoms with van der Waals surface area (Å²) in [5.41, 5.74) is 2.61. The van der Waals surface area contributed by atoms with Crippen LogP contribution < -0.4 is 0 Å². The van der Waals surface area contributed by atoms with E-state index in [1.807, 2.05) is 12.1 Å². The van der Waals surface area contributed by atoms with E-state index in [4.69, 9.17) is 0 Å². The minimum absolute atomic E-state index is 0.00750. The van der Waals surface area contributed by atoms with Gasteiger partial charge in [0, 0.05) is 0 Å². The first-order chi connectivity index (χ1) is 16.8. The zero-order chi connectivity index (χ0) is 26.0. The summed E-state index contributed by atoms with van der Waals surface area (Å²) in [6.07, 6.45) is 8.29. The Hall–Kier alpha value is -4.04. The maximum atomic E-state index is 10.3. The number of hydrogen-bond donors (Lipinski definition) is 0. The van der Waals surface area contributed by atoms with Crippen LogP contribution >= 0.6 is 0 Å². The zero-order valence-corrected chi connectivity index (χ0v) is 20.3. The third-order valence-corrected chi connectivity index (χ3v) is 5.33. The van der Waals surface area contributed by atoms with Crippen molar-refractivity contribution in [2.75, 3.05) is 13.2 Å². The number of rotatable bonds is 6. The molecule has 2 aromatic carbocycles. The third kappa shape index (κ3) is 12.1. The minimum atomic E-state index is -0.160. The number of carbonyl (C=O) groups excluding carboxylic acids is 4. The summed E-state index contributed by atoms with van der Waals surface area (Å²) in [7, 11) is 0. The molecule has 1 fully saturated rings. The van der Waals surface area contributed by atoms with E-state index in [1.165, 1.54) is 23.3 Å². The third-order valence-electron chi connectivity index (χ3n) is 5.33. The number of isocyanates is 4. The van der Waals surface area contributed by atoms with Crippen LogP contribution in [0.5, 0.6) is 0 Å². The predicted molar refractivity (Wildman–Crippen MR) is 134 cm³/mol. The molecule has 2 aromatic rings. The fraction of sp³-hybridized carbons (Fsp3) is 0.407. The van der Waals surface area contributed by atoms with Crippen LogP contribution in [-0.4, -0.2) is 43.6 Å². The van der Waals surface area contributed by atoms with Gasteiger partial charge in [0.2, 0.25) is 24.3 Å². The van der Waals surface area contributed by atoms with E-state index in [9.17, 15) is 19.2 Å². The minimum Gasteiger partial charge on any atom is -0.211 e. The Balaban J connectivity index is 0.000000284. The molecule has 3 rings (SSSR count). The molecule has 2 unspecified atom stereocenters. The fourth-order valence-corrected chi connectivity index (χ4v) is 4.44. The quantitative estimate of drug-likeness (QED) is 0.422. The highest BCUT2D eigenvalue weighted by Crippen LogP contribution is 2.47. The maximum absolute atomic E-state index is 10.3. The standard InChI is InChI=1S/C12H18N2O2.C12H10.C3H2N2O2/c1-11(2)4-10(14-9-16)5-12(3,6-11)7-13-8-15;1-3-7-11(8-4-1)12-9-5-2-6-10-12;6-2-4-1-5-3-7/h10H,4-7H2,1-3H3;1-10H;1H2. The molecule has 182 valence electrons. The topological polar surface area (TPSA) is 118 Å². The number of nitrogens with zero attached hydrogens (tertiary/aromatic N) is 4. The van der Waals surface area contributed by atoms with Gasteiger partial charge in [-0.2, -0.15) is 9.98 Å². The number of aliphatic imine (C=N–C) groups is 4. The Morgan fingerprint density at radius 1 is 0.714 bits per heavy atom. The summed E-state index contributed by atoms with van der Waals surface area (Å²) in [5, 5.41) is 0. The van der Waals surface area contributed by atoms with Gasteiger partial charge in [0.1, 0.15) is 0 Å². The molecular formula is C27H30N4O4. The maximum Gasteiger partial charge on any atom is 0.236 e. The predicted octanol–water partition coefficient (Wildman–Crippen LogP) is 5.21. The summed E-state index contributed by atoms with van der Waals surface area (Å²) in [4.78, 5) is 52.3. The molecule has 0 aliphatic heterocycles. The van der Waals surface area contributed by atoms with Crippen molar-refractivity contribution in [2.24, 2.45) is 30.8 Å². The van der Waals surface area contributed by atoms with Crippen LogP contribution in [0.2, 0.25) is 0 Å². The van der Waals surface area contributed by atoms with Gasteiger partial charge in [-0.15, -0.1) is 0 Å². The summed E-state index contributed by atoms with van der Waals surface area (Å²) in [6.45, 7) is 6.70. The van der Waals surface area contributed by atoms with E-state index in [1.54, 1.807) is 12.2 Å². The average Bonchev–Trinajstić information content (AvgIpc) is 2.84. The van der Waals surface area contributed by atoms with Gasteiger partial charge in [0.25, 0.3) is 0 Å². The molecule has 0 saturated heterocycles. The molecule has 1 aliphatic rings. The summed E-state index contributed by atoms with van der Waals surface area (Å²) in [6, 6.07) is 20.8. The van der Waals surface area contributed by atoms with E-state index in [0.717, 1.165) is 19.3 Å². The summed E-state index contributed by atoms with van der Waals surface area (Å²) < 4.78 is 0. The van der Waals surface area contributed by atoms with Crippen LogP contribution in [0, 0.1) is 10.8 Å². The second kappa shape index (κ2) is 15.7. The van der Waals surface area contributed by atoms with Crippen molar-refractivity contribution in [1.29, 1.82) is 0 Å². The van der Waals surface area contributed by atoms with Gasteiger partial charge in [0.15, 0.2) is 6.67 Å². The van der Waals surface area contributed by atoms with Crippen molar-refractivity contribution < 1.29 is 19.2 Å². The Morgan fingerprint density at radius 3 is 1.63 bits per heavy atom. The smallest absolute Gasteiger partial charge is 0.211 e. The molecule has 2 atom stereocenters. The van der Waals surface area contributed by atoms with Gasteiger partial charge < -0.3 is 0 Å². The number of benzene rings is 2. The molecule has 0 amide bonds. The highest BCUT2D eigenvalue weighted by Gasteiger charge is 2.41. The normalized spacial score (nSPS) is 19.2.